The van der Waals surface area contributed by atoms with Crippen LogP contribution in [0.4, 0.5) is 0 Å². The van der Waals surface area contributed by atoms with Crippen molar-refractivity contribution < 1.29 is 4.12 Å². The van der Waals surface area contributed by atoms with Gasteiger partial charge in [0, 0.05) is 0 Å². The first-order valence-corrected chi connectivity index (χ1v) is 16.8. The van der Waals surface area contributed by atoms with Crippen molar-refractivity contribution in [3.8, 4) is 17.2 Å². The molecular weight excluding hydrogens is 398 g/mol. The second-order valence-corrected chi connectivity index (χ2v) is 17.8. The summed E-state index contributed by atoms with van der Waals surface area (Å²) < 4.78 is 7.32. The van der Waals surface area contributed by atoms with Gasteiger partial charge in [0.25, 0.3) is 0 Å². The third-order valence-electron chi connectivity index (χ3n) is 6.82. The van der Waals surface area contributed by atoms with Crippen molar-refractivity contribution in [2.24, 2.45) is 0 Å². The van der Waals surface area contributed by atoms with Crippen LogP contribution >= 0.6 is 0 Å². The molecule has 0 amide bonds. The molecule has 0 spiro atoms. The van der Waals surface area contributed by atoms with Gasteiger partial charge in [-0.1, -0.05) is 83.9 Å². The van der Waals surface area contributed by atoms with Crippen LogP contribution in [0.25, 0.3) is 11.1 Å². The molecule has 0 saturated carbocycles. The lowest BCUT2D eigenvalue weighted by Crippen LogP contribution is -2.52. The number of hydrogen-bond acceptors (Lipinski definition) is 2. The summed E-state index contributed by atoms with van der Waals surface area (Å²) in [6.45, 7) is 11.7. The third-order valence-corrected chi connectivity index (χ3v) is 17.8. The zero-order valence-corrected chi connectivity index (χ0v) is 21.6. The van der Waals surface area contributed by atoms with Crippen molar-refractivity contribution in [3.63, 3.8) is 0 Å². The molecule has 0 aliphatic heterocycles. The topological polar surface area (TPSA) is 33.0 Å². The normalized spacial score (nSPS) is 12.0. The number of rotatable bonds is 12. The maximum Gasteiger partial charge on any atom is 0.183 e. The number of benzene rings is 2. The van der Waals surface area contributed by atoms with E-state index in [-0.39, 0.29) is 0 Å². The molecule has 162 valence electrons. The predicted octanol–water partition coefficient (Wildman–Crippen LogP) is 8.09. The Hall–Kier alpha value is -1.68. The Bertz CT molecular complexity index is 800. The average molecular weight is 438 g/mol. The smallest absolute Gasteiger partial charge is 0.183 e. The summed E-state index contributed by atoms with van der Waals surface area (Å²) in [7, 11) is -3.43. The average Bonchev–Trinajstić information content (AvgIpc) is 2.82. The number of unbranched alkanes of at least 4 members (excludes halogenated alkanes) is 1. The summed E-state index contributed by atoms with van der Waals surface area (Å²) in [6, 6.07) is 26.4. The van der Waals surface area contributed by atoms with E-state index < -0.39 is 16.6 Å². The first-order valence-electron chi connectivity index (χ1n) is 11.8. The maximum absolute atomic E-state index is 9.00. The molecule has 2 aromatic rings. The summed E-state index contributed by atoms with van der Waals surface area (Å²) >= 11 is 0. The fourth-order valence-corrected chi connectivity index (χ4v) is 15.2. The maximum atomic E-state index is 9.00. The van der Waals surface area contributed by atoms with Crippen molar-refractivity contribution in [1.29, 1.82) is 5.26 Å². The van der Waals surface area contributed by atoms with Gasteiger partial charge in [0.15, 0.2) is 16.6 Å². The molecule has 0 aliphatic carbocycles. The van der Waals surface area contributed by atoms with Gasteiger partial charge in [-0.15, -0.1) is 0 Å². The molecule has 0 fully saturated rings. The van der Waals surface area contributed by atoms with Crippen molar-refractivity contribution >= 4 is 16.6 Å². The summed E-state index contributed by atoms with van der Waals surface area (Å²) in [5, 5.41) is 9.00. The van der Waals surface area contributed by atoms with Gasteiger partial charge in [-0.3, -0.25) is 0 Å². The fraction of sp³-hybridized carbons (Fsp3) is 0.500. The molecule has 2 aromatic carbocycles. The largest absolute Gasteiger partial charge is 0.455 e. The van der Waals surface area contributed by atoms with E-state index in [0.717, 1.165) is 11.6 Å². The Kier molecular flexibility index (Phi) is 9.55. The lowest BCUT2D eigenvalue weighted by Gasteiger charge is -2.41. The summed E-state index contributed by atoms with van der Waals surface area (Å²) in [4.78, 5) is 0. The van der Waals surface area contributed by atoms with Gasteiger partial charge in [0.1, 0.15) is 0 Å². The molecule has 0 bridgehead atoms. The van der Waals surface area contributed by atoms with Gasteiger partial charge in [-0.25, -0.2) is 0 Å². The molecule has 0 N–H and O–H groups in total. The molecule has 2 nitrogen and oxygen atoms in total. The molecular formula is C26H39NOSi2. The molecule has 0 saturated heterocycles. The molecule has 0 radical (unpaired) electrons. The van der Waals surface area contributed by atoms with Crippen LogP contribution < -0.4 is 0 Å². The van der Waals surface area contributed by atoms with Gasteiger partial charge in [0.05, 0.1) is 11.6 Å². The molecule has 30 heavy (non-hydrogen) atoms. The Balaban J connectivity index is 2.21. The molecule has 0 aromatic heterocycles. The Morgan fingerprint density at radius 3 is 1.67 bits per heavy atom. The van der Waals surface area contributed by atoms with Gasteiger partial charge < -0.3 is 4.12 Å². The van der Waals surface area contributed by atoms with Gasteiger partial charge >= 0.3 is 0 Å². The highest BCUT2D eigenvalue weighted by atomic mass is 28.4. The quantitative estimate of drug-likeness (QED) is 0.314. The zero-order valence-electron chi connectivity index (χ0n) is 19.6. The van der Waals surface area contributed by atoms with Crippen LogP contribution in [-0.2, 0) is 10.2 Å². The Morgan fingerprint density at radius 2 is 1.23 bits per heavy atom. The van der Waals surface area contributed by atoms with Crippen LogP contribution in [0, 0.1) is 11.3 Å². The van der Waals surface area contributed by atoms with Gasteiger partial charge in [-0.2, -0.15) is 5.26 Å². The molecule has 0 atom stereocenters. The Labute approximate surface area is 186 Å². The van der Waals surface area contributed by atoms with E-state index in [1.54, 1.807) is 0 Å². The number of nitrogens with zero attached hydrogens (tertiary/aromatic N) is 1. The molecule has 0 aliphatic rings. The first-order chi connectivity index (χ1) is 14.5. The molecule has 2 rings (SSSR count). The van der Waals surface area contributed by atoms with E-state index in [2.05, 4.69) is 65.0 Å². The van der Waals surface area contributed by atoms with E-state index >= 15 is 0 Å². The lowest BCUT2D eigenvalue weighted by atomic mass is 10.0. The van der Waals surface area contributed by atoms with Crippen LogP contribution in [0.1, 0.15) is 58.6 Å². The van der Waals surface area contributed by atoms with Crippen LogP contribution in [0.2, 0.25) is 30.2 Å². The molecule has 4 heteroatoms. The van der Waals surface area contributed by atoms with Crippen molar-refractivity contribution in [1.82, 2.24) is 0 Å². The second kappa shape index (κ2) is 11.6. The van der Waals surface area contributed by atoms with Crippen molar-refractivity contribution in [2.45, 2.75) is 83.7 Å². The van der Waals surface area contributed by atoms with Gasteiger partial charge in [-0.05, 0) is 65.1 Å². The van der Waals surface area contributed by atoms with E-state index in [0.29, 0.717) is 5.56 Å². The first kappa shape index (κ1) is 24.6. The summed E-state index contributed by atoms with van der Waals surface area (Å²) in [5.41, 5.74) is 4.48. The van der Waals surface area contributed by atoms with Crippen molar-refractivity contribution in [2.75, 3.05) is 0 Å². The highest BCUT2D eigenvalue weighted by Crippen LogP contribution is 2.34. The minimum atomic E-state index is -1.79. The highest BCUT2D eigenvalue weighted by Gasteiger charge is 2.41. The van der Waals surface area contributed by atoms with Gasteiger partial charge in [0.2, 0.25) is 0 Å². The van der Waals surface area contributed by atoms with Crippen LogP contribution in [0.3, 0.4) is 0 Å². The second-order valence-electron chi connectivity index (χ2n) is 8.55. The highest BCUT2D eigenvalue weighted by molar-refractivity contribution is 6.86. The zero-order chi connectivity index (χ0) is 22.0. The van der Waals surface area contributed by atoms with E-state index in [9.17, 15) is 0 Å². The fourth-order valence-electron chi connectivity index (χ4n) is 4.36. The molecule has 0 unspecified atom stereocenters. The SMILES string of the molecule is CCCC[Si](CC)(CC)O[Si](CC)(CC)Cc1ccc(-c2ccc(C#N)cc2)cc1. The summed E-state index contributed by atoms with van der Waals surface area (Å²) in [6.07, 6.45) is 2.58. The third kappa shape index (κ3) is 6.17. The van der Waals surface area contributed by atoms with Crippen LogP contribution in [-0.4, -0.2) is 16.6 Å². The van der Waals surface area contributed by atoms with Crippen LogP contribution in [0.15, 0.2) is 48.5 Å². The summed E-state index contributed by atoms with van der Waals surface area (Å²) in [5.74, 6) is 0. The van der Waals surface area contributed by atoms with E-state index in [4.69, 9.17) is 9.38 Å². The molecule has 0 heterocycles. The monoisotopic (exact) mass is 437 g/mol. The van der Waals surface area contributed by atoms with Crippen molar-refractivity contribution in [3.05, 3.63) is 59.7 Å². The predicted molar refractivity (Wildman–Crippen MR) is 135 cm³/mol. The number of hydrogen-bond donors (Lipinski definition) is 0. The number of nitriles is 1. The minimum absolute atomic E-state index is 0.705. The van der Waals surface area contributed by atoms with E-state index in [1.807, 2.05) is 24.3 Å². The lowest BCUT2D eigenvalue weighted by molar-refractivity contribution is 0.500. The standard InChI is InChI=1S/C26H39NOSi2/c1-6-11-20-29(7-2,8-3)28-30(9-4,10-5)22-24-14-18-26(19-15-24)25-16-12-23(21-27)13-17-25/h12-19H,6-11,20,22H2,1-5H3. The van der Waals surface area contributed by atoms with Crippen LogP contribution in [0.5, 0.6) is 0 Å². The Morgan fingerprint density at radius 1 is 0.733 bits per heavy atom. The minimum Gasteiger partial charge on any atom is -0.455 e. The van der Waals surface area contributed by atoms with E-state index in [1.165, 1.54) is 54.2 Å².